The van der Waals surface area contributed by atoms with Crippen LogP contribution in [0.3, 0.4) is 0 Å². The number of Topliss-reactive ketones (excluding diaryl/α,β-unsaturated/α-hetero) is 1. The Morgan fingerprint density at radius 1 is 0.941 bits per heavy atom. The number of hydrogen-bond acceptors (Lipinski definition) is 1. The van der Waals surface area contributed by atoms with Crippen LogP contribution in [0.2, 0.25) is 0 Å². The van der Waals surface area contributed by atoms with Gasteiger partial charge >= 0.3 is 0 Å². The molecular formula is C16H30O. The van der Waals surface area contributed by atoms with Gasteiger partial charge in [0, 0.05) is 5.92 Å². The van der Waals surface area contributed by atoms with Gasteiger partial charge in [0.2, 0.25) is 0 Å². The van der Waals surface area contributed by atoms with Gasteiger partial charge in [-0.1, -0.05) is 72.3 Å². The minimum Gasteiger partial charge on any atom is -0.294 e. The molecule has 1 heteroatoms. The number of ketones is 1. The first-order valence-corrected chi connectivity index (χ1v) is 7.31. The van der Waals surface area contributed by atoms with Crippen LogP contribution in [0.1, 0.15) is 78.6 Å². The van der Waals surface area contributed by atoms with Crippen molar-refractivity contribution in [3.8, 4) is 0 Å². The van der Waals surface area contributed by atoms with E-state index in [1.807, 2.05) is 13.8 Å². The fraction of sp³-hybridized carbons (Fsp3) is 0.812. The zero-order valence-corrected chi connectivity index (χ0v) is 12.1. The minimum atomic E-state index is 0.108. The molecule has 0 radical (unpaired) electrons. The summed E-state index contributed by atoms with van der Waals surface area (Å²) in [5.74, 6) is 0.351. The van der Waals surface area contributed by atoms with Crippen molar-refractivity contribution >= 4 is 5.78 Å². The topological polar surface area (TPSA) is 17.1 Å². The average molecular weight is 238 g/mol. The second-order valence-electron chi connectivity index (χ2n) is 5.35. The number of carbonyl (C=O) groups excluding carboxylic acids is 1. The molecule has 0 saturated heterocycles. The maximum Gasteiger partial charge on any atom is 0.160 e. The number of hydrogen-bond donors (Lipinski definition) is 0. The molecule has 0 aliphatic rings. The quantitative estimate of drug-likeness (QED) is 0.353. The monoisotopic (exact) mass is 238 g/mol. The Hall–Kier alpha value is -0.590. The molecule has 0 rings (SSSR count). The summed E-state index contributed by atoms with van der Waals surface area (Å²) < 4.78 is 0. The molecule has 0 N–H and O–H groups in total. The Labute approximate surface area is 108 Å². The van der Waals surface area contributed by atoms with E-state index in [2.05, 4.69) is 13.5 Å². The third-order valence-corrected chi connectivity index (χ3v) is 3.20. The normalized spacial score (nSPS) is 10.8. The van der Waals surface area contributed by atoms with Crippen LogP contribution >= 0.6 is 0 Å². The summed E-state index contributed by atoms with van der Waals surface area (Å²) in [5, 5.41) is 0. The first-order valence-electron chi connectivity index (χ1n) is 7.31. The number of allylic oxidation sites excluding steroid dienone is 1. The van der Waals surface area contributed by atoms with Crippen molar-refractivity contribution < 1.29 is 4.79 Å². The van der Waals surface area contributed by atoms with E-state index < -0.39 is 0 Å². The highest BCUT2D eigenvalue weighted by molar-refractivity contribution is 5.95. The molecule has 0 spiro atoms. The fourth-order valence-corrected chi connectivity index (χ4v) is 2.00. The zero-order valence-electron chi connectivity index (χ0n) is 12.1. The van der Waals surface area contributed by atoms with Crippen LogP contribution in [0.4, 0.5) is 0 Å². The zero-order chi connectivity index (χ0) is 13.1. The van der Waals surface area contributed by atoms with E-state index in [4.69, 9.17) is 0 Å². The van der Waals surface area contributed by atoms with Gasteiger partial charge in [-0.05, 0) is 18.4 Å². The number of rotatable bonds is 11. The van der Waals surface area contributed by atoms with Crippen molar-refractivity contribution in [2.24, 2.45) is 5.92 Å². The lowest BCUT2D eigenvalue weighted by molar-refractivity contribution is -0.118. The second kappa shape index (κ2) is 10.6. The van der Waals surface area contributed by atoms with Gasteiger partial charge in [-0.15, -0.1) is 0 Å². The second-order valence-corrected chi connectivity index (χ2v) is 5.35. The van der Waals surface area contributed by atoms with Gasteiger partial charge in [0.1, 0.15) is 0 Å². The molecule has 0 fully saturated rings. The Morgan fingerprint density at radius 3 is 1.88 bits per heavy atom. The molecule has 0 bridgehead atoms. The van der Waals surface area contributed by atoms with Gasteiger partial charge in [-0.2, -0.15) is 0 Å². The van der Waals surface area contributed by atoms with Gasteiger partial charge in [-0.3, -0.25) is 4.79 Å². The van der Waals surface area contributed by atoms with Crippen molar-refractivity contribution in [1.29, 1.82) is 0 Å². The first-order chi connectivity index (χ1) is 8.09. The largest absolute Gasteiger partial charge is 0.294 e. The summed E-state index contributed by atoms with van der Waals surface area (Å²) in [4.78, 5) is 11.6. The first kappa shape index (κ1) is 16.4. The molecule has 0 saturated carbocycles. The summed E-state index contributed by atoms with van der Waals surface area (Å²) in [7, 11) is 0. The van der Waals surface area contributed by atoms with Crippen molar-refractivity contribution in [1.82, 2.24) is 0 Å². The van der Waals surface area contributed by atoms with Gasteiger partial charge in [0.05, 0.1) is 0 Å². The van der Waals surface area contributed by atoms with Crippen LogP contribution in [0.5, 0.6) is 0 Å². The lowest BCUT2D eigenvalue weighted by atomic mass is 9.97. The van der Waals surface area contributed by atoms with Crippen LogP contribution < -0.4 is 0 Å². The van der Waals surface area contributed by atoms with E-state index in [-0.39, 0.29) is 11.7 Å². The van der Waals surface area contributed by atoms with Crippen LogP contribution in [-0.4, -0.2) is 5.78 Å². The minimum absolute atomic E-state index is 0.108. The molecule has 0 aliphatic heterocycles. The summed E-state index contributed by atoms with van der Waals surface area (Å²) in [6, 6.07) is 0. The Balaban J connectivity index is 3.34. The van der Waals surface area contributed by atoms with Gasteiger partial charge < -0.3 is 0 Å². The van der Waals surface area contributed by atoms with Crippen molar-refractivity contribution in [2.75, 3.05) is 0 Å². The predicted octanol–water partition coefficient (Wildman–Crippen LogP) is 5.30. The highest BCUT2D eigenvalue weighted by Crippen LogP contribution is 2.14. The highest BCUT2D eigenvalue weighted by Gasteiger charge is 2.10. The van der Waals surface area contributed by atoms with E-state index in [9.17, 15) is 4.79 Å². The Kier molecular flexibility index (Phi) is 10.2. The third kappa shape index (κ3) is 9.14. The summed E-state index contributed by atoms with van der Waals surface area (Å²) in [6.07, 6.45) is 11.4. The van der Waals surface area contributed by atoms with E-state index in [0.29, 0.717) is 0 Å². The third-order valence-electron chi connectivity index (χ3n) is 3.20. The predicted molar refractivity (Wildman–Crippen MR) is 76.2 cm³/mol. The average Bonchev–Trinajstić information content (AvgIpc) is 2.31. The van der Waals surface area contributed by atoms with Crippen LogP contribution in [-0.2, 0) is 4.79 Å². The van der Waals surface area contributed by atoms with E-state index in [1.54, 1.807) is 0 Å². The van der Waals surface area contributed by atoms with Crippen molar-refractivity contribution in [2.45, 2.75) is 78.6 Å². The number of carbonyl (C=O) groups is 1. The lowest BCUT2D eigenvalue weighted by Gasteiger charge is -2.07. The molecule has 0 aromatic rings. The smallest absolute Gasteiger partial charge is 0.160 e. The molecule has 1 nitrogen and oxygen atoms in total. The molecule has 0 atom stereocenters. The molecule has 0 aliphatic carbocycles. The fourth-order valence-electron chi connectivity index (χ4n) is 2.00. The SMILES string of the molecule is C=C(CCCCCCCCCC)C(=O)C(C)C. The Morgan fingerprint density at radius 2 is 1.41 bits per heavy atom. The van der Waals surface area contributed by atoms with E-state index in [1.165, 1.54) is 44.9 Å². The molecule has 0 aromatic carbocycles. The standard InChI is InChI=1S/C16H30O/c1-5-6-7-8-9-10-11-12-13-15(4)16(17)14(2)3/h14H,4-13H2,1-3H3. The van der Waals surface area contributed by atoms with E-state index in [0.717, 1.165) is 18.4 Å². The molecule has 0 unspecified atom stereocenters. The lowest BCUT2D eigenvalue weighted by Crippen LogP contribution is -2.09. The van der Waals surface area contributed by atoms with Gasteiger partial charge in [-0.25, -0.2) is 0 Å². The molecule has 0 heterocycles. The maximum absolute atomic E-state index is 11.6. The van der Waals surface area contributed by atoms with Crippen molar-refractivity contribution in [3.05, 3.63) is 12.2 Å². The summed E-state index contributed by atoms with van der Waals surface area (Å²) >= 11 is 0. The molecule has 100 valence electrons. The van der Waals surface area contributed by atoms with Crippen LogP contribution in [0.15, 0.2) is 12.2 Å². The molecule has 17 heavy (non-hydrogen) atoms. The van der Waals surface area contributed by atoms with Crippen molar-refractivity contribution in [3.63, 3.8) is 0 Å². The summed E-state index contributed by atoms with van der Waals surface area (Å²) in [6.45, 7) is 10.0. The van der Waals surface area contributed by atoms with Gasteiger partial charge in [0.25, 0.3) is 0 Å². The molecule has 0 aromatic heterocycles. The molecule has 0 amide bonds. The van der Waals surface area contributed by atoms with Crippen LogP contribution in [0, 0.1) is 5.92 Å². The highest BCUT2D eigenvalue weighted by atomic mass is 16.1. The van der Waals surface area contributed by atoms with Crippen LogP contribution in [0.25, 0.3) is 0 Å². The van der Waals surface area contributed by atoms with Gasteiger partial charge in [0.15, 0.2) is 5.78 Å². The molecular weight excluding hydrogens is 208 g/mol. The Bertz CT molecular complexity index is 216. The summed E-state index contributed by atoms with van der Waals surface area (Å²) in [5.41, 5.74) is 0.825. The maximum atomic E-state index is 11.6. The number of unbranched alkanes of at least 4 members (excludes halogenated alkanes) is 7. The van der Waals surface area contributed by atoms with E-state index >= 15 is 0 Å².